The van der Waals surface area contributed by atoms with E-state index < -0.39 is 0 Å². The molecule has 0 aliphatic rings. The topological polar surface area (TPSA) is 24.9 Å². The standard InChI is InChI=1S/C12H13ClN2S/c1-14-12-15-8-11(16-12)6-5-9-3-2-4-10(13)7-9/h2-4,7-8H,5-6H2,1H3,(H,14,15). The number of nitrogens with zero attached hydrogens (tertiary/aromatic N) is 1. The van der Waals surface area contributed by atoms with E-state index in [2.05, 4.69) is 16.4 Å². The molecule has 0 fully saturated rings. The van der Waals surface area contributed by atoms with Crippen LogP contribution in [0.4, 0.5) is 5.13 Å². The molecule has 4 heteroatoms. The van der Waals surface area contributed by atoms with E-state index in [-0.39, 0.29) is 0 Å². The van der Waals surface area contributed by atoms with Crippen LogP contribution in [0.2, 0.25) is 5.02 Å². The van der Waals surface area contributed by atoms with E-state index >= 15 is 0 Å². The van der Waals surface area contributed by atoms with Crippen LogP contribution in [0.1, 0.15) is 10.4 Å². The Morgan fingerprint density at radius 3 is 2.94 bits per heavy atom. The van der Waals surface area contributed by atoms with Crippen molar-refractivity contribution in [1.29, 1.82) is 0 Å². The molecular weight excluding hydrogens is 240 g/mol. The van der Waals surface area contributed by atoms with Crippen molar-refractivity contribution in [3.05, 3.63) is 45.9 Å². The SMILES string of the molecule is CNc1ncc(CCc2cccc(Cl)c2)s1. The van der Waals surface area contributed by atoms with Gasteiger partial charge in [-0.05, 0) is 30.5 Å². The van der Waals surface area contributed by atoms with Gasteiger partial charge in [-0.3, -0.25) is 0 Å². The summed E-state index contributed by atoms with van der Waals surface area (Å²) in [7, 11) is 1.89. The van der Waals surface area contributed by atoms with Gasteiger partial charge in [0.05, 0.1) is 0 Å². The van der Waals surface area contributed by atoms with Gasteiger partial charge in [-0.15, -0.1) is 11.3 Å². The number of aromatic nitrogens is 1. The van der Waals surface area contributed by atoms with Gasteiger partial charge in [0.1, 0.15) is 0 Å². The van der Waals surface area contributed by atoms with Crippen molar-refractivity contribution in [3.8, 4) is 0 Å². The summed E-state index contributed by atoms with van der Waals surface area (Å²) in [5.41, 5.74) is 1.27. The molecule has 0 aliphatic heterocycles. The van der Waals surface area contributed by atoms with Gasteiger partial charge in [-0.25, -0.2) is 4.98 Å². The summed E-state index contributed by atoms with van der Waals surface area (Å²) < 4.78 is 0. The molecule has 16 heavy (non-hydrogen) atoms. The Labute approximate surface area is 104 Å². The predicted octanol–water partition coefficient (Wildman–Crippen LogP) is 3.62. The average Bonchev–Trinajstić information content (AvgIpc) is 2.74. The van der Waals surface area contributed by atoms with Crippen LogP contribution in [0.3, 0.4) is 0 Å². The molecule has 1 aromatic heterocycles. The number of aryl methyl sites for hydroxylation is 2. The molecule has 1 aromatic carbocycles. The maximum Gasteiger partial charge on any atom is 0.182 e. The lowest BCUT2D eigenvalue weighted by molar-refractivity contribution is 0.976. The quantitative estimate of drug-likeness (QED) is 0.899. The number of benzene rings is 1. The molecule has 0 saturated heterocycles. The van der Waals surface area contributed by atoms with E-state index in [0.717, 1.165) is 23.0 Å². The fourth-order valence-electron chi connectivity index (χ4n) is 1.50. The van der Waals surface area contributed by atoms with Gasteiger partial charge in [0.2, 0.25) is 0 Å². The van der Waals surface area contributed by atoms with Crippen LogP contribution in [0, 0.1) is 0 Å². The van der Waals surface area contributed by atoms with Crippen LogP contribution in [-0.2, 0) is 12.8 Å². The molecule has 0 unspecified atom stereocenters. The van der Waals surface area contributed by atoms with Crippen molar-refractivity contribution in [2.45, 2.75) is 12.8 Å². The van der Waals surface area contributed by atoms with Gasteiger partial charge in [0.25, 0.3) is 0 Å². The highest BCUT2D eigenvalue weighted by Gasteiger charge is 2.01. The molecule has 1 N–H and O–H groups in total. The van der Waals surface area contributed by atoms with E-state index in [9.17, 15) is 0 Å². The van der Waals surface area contributed by atoms with Crippen LogP contribution in [-0.4, -0.2) is 12.0 Å². The smallest absolute Gasteiger partial charge is 0.182 e. The molecule has 0 aliphatic carbocycles. The Balaban J connectivity index is 1.96. The Kier molecular flexibility index (Phi) is 3.80. The first-order valence-corrected chi connectivity index (χ1v) is 6.34. The molecule has 84 valence electrons. The van der Waals surface area contributed by atoms with Gasteiger partial charge in [0.15, 0.2) is 5.13 Å². The predicted molar refractivity (Wildman–Crippen MR) is 70.5 cm³/mol. The maximum absolute atomic E-state index is 5.93. The molecule has 0 saturated carbocycles. The zero-order chi connectivity index (χ0) is 11.4. The summed E-state index contributed by atoms with van der Waals surface area (Å²) in [6, 6.07) is 8.01. The van der Waals surface area contributed by atoms with E-state index in [1.807, 2.05) is 31.4 Å². The molecule has 0 radical (unpaired) electrons. The van der Waals surface area contributed by atoms with Gasteiger partial charge in [-0.2, -0.15) is 0 Å². The van der Waals surface area contributed by atoms with Crippen molar-refractivity contribution < 1.29 is 0 Å². The Hall–Kier alpha value is -1.06. The van der Waals surface area contributed by atoms with E-state index in [4.69, 9.17) is 11.6 Å². The number of halogens is 1. The summed E-state index contributed by atoms with van der Waals surface area (Å²) in [5.74, 6) is 0. The van der Waals surface area contributed by atoms with Crippen molar-refractivity contribution in [2.75, 3.05) is 12.4 Å². The molecule has 0 amide bonds. The first kappa shape index (κ1) is 11.4. The summed E-state index contributed by atoms with van der Waals surface area (Å²) in [6.07, 6.45) is 3.95. The van der Waals surface area contributed by atoms with Crippen LogP contribution in [0.5, 0.6) is 0 Å². The summed E-state index contributed by atoms with van der Waals surface area (Å²) in [6.45, 7) is 0. The minimum Gasteiger partial charge on any atom is -0.365 e. The molecule has 2 rings (SSSR count). The summed E-state index contributed by atoms with van der Waals surface area (Å²) in [5, 5.41) is 4.82. The summed E-state index contributed by atoms with van der Waals surface area (Å²) >= 11 is 7.63. The zero-order valence-electron chi connectivity index (χ0n) is 9.03. The maximum atomic E-state index is 5.93. The third kappa shape index (κ3) is 2.97. The number of hydrogen-bond donors (Lipinski definition) is 1. The number of thiazole rings is 1. The van der Waals surface area contributed by atoms with Crippen molar-refractivity contribution in [2.24, 2.45) is 0 Å². The Morgan fingerprint density at radius 2 is 2.25 bits per heavy atom. The monoisotopic (exact) mass is 252 g/mol. The van der Waals surface area contributed by atoms with E-state index in [1.54, 1.807) is 11.3 Å². The largest absolute Gasteiger partial charge is 0.365 e. The number of hydrogen-bond acceptors (Lipinski definition) is 3. The normalized spacial score (nSPS) is 10.4. The van der Waals surface area contributed by atoms with Crippen LogP contribution in [0.25, 0.3) is 0 Å². The lowest BCUT2D eigenvalue weighted by Gasteiger charge is -1.99. The Bertz CT molecular complexity index is 468. The lowest BCUT2D eigenvalue weighted by Crippen LogP contribution is -1.88. The minimum absolute atomic E-state index is 0.803. The second kappa shape index (κ2) is 5.32. The van der Waals surface area contributed by atoms with Crippen LogP contribution in [0.15, 0.2) is 30.5 Å². The van der Waals surface area contributed by atoms with E-state index in [0.29, 0.717) is 0 Å². The Morgan fingerprint density at radius 1 is 1.38 bits per heavy atom. The third-order valence-electron chi connectivity index (χ3n) is 2.32. The molecule has 2 aromatic rings. The zero-order valence-corrected chi connectivity index (χ0v) is 10.6. The fourth-order valence-corrected chi connectivity index (χ4v) is 2.48. The number of nitrogens with one attached hydrogen (secondary N) is 1. The van der Waals surface area contributed by atoms with Crippen molar-refractivity contribution in [1.82, 2.24) is 4.98 Å². The molecule has 0 bridgehead atoms. The van der Waals surface area contributed by atoms with Gasteiger partial charge < -0.3 is 5.32 Å². The highest BCUT2D eigenvalue weighted by atomic mass is 35.5. The third-order valence-corrected chi connectivity index (χ3v) is 3.63. The highest BCUT2D eigenvalue weighted by molar-refractivity contribution is 7.15. The van der Waals surface area contributed by atoms with Gasteiger partial charge in [-0.1, -0.05) is 23.7 Å². The molecule has 1 heterocycles. The average molecular weight is 253 g/mol. The highest BCUT2D eigenvalue weighted by Crippen LogP contribution is 2.20. The van der Waals surface area contributed by atoms with Crippen molar-refractivity contribution >= 4 is 28.1 Å². The van der Waals surface area contributed by atoms with Crippen LogP contribution >= 0.6 is 22.9 Å². The second-order valence-corrected chi connectivity index (χ2v) is 5.06. The molecule has 2 nitrogen and oxygen atoms in total. The van der Waals surface area contributed by atoms with Gasteiger partial charge in [0, 0.05) is 23.1 Å². The van der Waals surface area contributed by atoms with Crippen molar-refractivity contribution in [3.63, 3.8) is 0 Å². The van der Waals surface area contributed by atoms with E-state index in [1.165, 1.54) is 10.4 Å². The van der Waals surface area contributed by atoms with Gasteiger partial charge >= 0.3 is 0 Å². The van der Waals surface area contributed by atoms with Crippen LogP contribution < -0.4 is 5.32 Å². The molecular formula is C12H13ClN2S. The minimum atomic E-state index is 0.803. The second-order valence-electron chi connectivity index (χ2n) is 3.51. The lowest BCUT2D eigenvalue weighted by atomic mass is 10.1. The fraction of sp³-hybridized carbons (Fsp3) is 0.250. The number of rotatable bonds is 4. The molecule has 0 spiro atoms. The molecule has 0 atom stereocenters. The summed E-state index contributed by atoms with van der Waals surface area (Å²) in [4.78, 5) is 5.54. The first-order valence-electron chi connectivity index (χ1n) is 5.15. The number of anilines is 1. The first-order chi connectivity index (χ1) is 7.78.